The number of rotatable bonds is 2. The summed E-state index contributed by atoms with van der Waals surface area (Å²) in [6, 6.07) is 16.2. The van der Waals surface area contributed by atoms with Gasteiger partial charge in [0, 0.05) is 38.5 Å². The predicted octanol–water partition coefficient (Wildman–Crippen LogP) is 3.74. The Kier molecular flexibility index (Phi) is 7.89. The van der Waals surface area contributed by atoms with Crippen molar-refractivity contribution in [2.24, 2.45) is 0 Å². The molecule has 2 bridgehead atoms. The number of carbonyl (C=O) groups is 2. The van der Waals surface area contributed by atoms with Crippen molar-refractivity contribution in [3.63, 3.8) is 0 Å². The monoisotopic (exact) mass is 449 g/mol. The third-order valence-corrected chi connectivity index (χ3v) is 6.65. The van der Waals surface area contributed by atoms with E-state index in [2.05, 4.69) is 22.8 Å². The Labute approximate surface area is 195 Å². The Morgan fingerprint density at radius 2 is 1.76 bits per heavy atom. The largest absolute Gasteiger partial charge is 0.350 e. The van der Waals surface area contributed by atoms with Gasteiger partial charge in [0.2, 0.25) is 11.8 Å². The lowest BCUT2D eigenvalue weighted by Crippen LogP contribution is -2.54. The first-order valence-electron chi connectivity index (χ1n) is 11.9. The summed E-state index contributed by atoms with van der Waals surface area (Å²) in [7, 11) is 0. The van der Waals surface area contributed by atoms with Crippen LogP contribution in [0.4, 0.5) is 4.39 Å². The summed E-state index contributed by atoms with van der Waals surface area (Å²) >= 11 is 0. The summed E-state index contributed by atoms with van der Waals surface area (Å²) in [5.41, 5.74) is 1.85. The molecule has 6 heteroatoms. The summed E-state index contributed by atoms with van der Waals surface area (Å²) in [4.78, 5) is 28.2. The Hall–Kier alpha value is -2.99. The van der Waals surface area contributed by atoms with Gasteiger partial charge in [-0.2, -0.15) is 0 Å². The van der Waals surface area contributed by atoms with E-state index in [1.807, 2.05) is 41.3 Å². The summed E-state index contributed by atoms with van der Waals surface area (Å²) in [5, 5.41) is 6.55. The van der Waals surface area contributed by atoms with Crippen molar-refractivity contribution in [3.05, 3.63) is 83.7 Å². The Balaban J connectivity index is 1.62. The molecule has 4 rings (SSSR count). The molecule has 1 saturated heterocycles. The van der Waals surface area contributed by atoms with Gasteiger partial charge in [-0.1, -0.05) is 54.6 Å². The topological polar surface area (TPSA) is 61.4 Å². The van der Waals surface area contributed by atoms with Crippen LogP contribution in [-0.4, -0.2) is 48.9 Å². The van der Waals surface area contributed by atoms with Crippen LogP contribution in [0.15, 0.2) is 66.7 Å². The Bertz CT molecular complexity index is 978. The van der Waals surface area contributed by atoms with E-state index in [1.165, 1.54) is 6.07 Å². The molecule has 2 aromatic carbocycles. The van der Waals surface area contributed by atoms with Crippen LogP contribution >= 0.6 is 0 Å². The quantitative estimate of drug-likeness (QED) is 0.687. The summed E-state index contributed by atoms with van der Waals surface area (Å²) < 4.78 is 14.0. The molecule has 0 aromatic heterocycles. The molecule has 0 radical (unpaired) electrons. The Morgan fingerprint density at radius 3 is 2.58 bits per heavy atom. The first-order valence-corrected chi connectivity index (χ1v) is 11.9. The molecule has 0 aliphatic carbocycles. The zero-order valence-corrected chi connectivity index (χ0v) is 18.9. The molecule has 0 saturated carbocycles. The lowest BCUT2D eigenvalue weighted by atomic mass is 9.84. The van der Waals surface area contributed by atoms with Crippen molar-refractivity contribution < 1.29 is 14.0 Å². The second-order valence-electron chi connectivity index (χ2n) is 8.87. The first kappa shape index (κ1) is 23.2. The fourth-order valence-electron chi connectivity index (χ4n) is 4.88. The van der Waals surface area contributed by atoms with Gasteiger partial charge < -0.3 is 15.5 Å². The third kappa shape index (κ3) is 6.08. The van der Waals surface area contributed by atoms with Crippen LogP contribution in [0.25, 0.3) is 0 Å². The predicted molar refractivity (Wildman–Crippen MR) is 127 cm³/mol. The van der Waals surface area contributed by atoms with Gasteiger partial charge in [-0.25, -0.2) is 4.39 Å². The van der Waals surface area contributed by atoms with E-state index < -0.39 is 0 Å². The summed E-state index contributed by atoms with van der Waals surface area (Å²) in [6.07, 6.45) is 6.75. The zero-order chi connectivity index (χ0) is 23.0. The zero-order valence-electron chi connectivity index (χ0n) is 18.9. The highest BCUT2D eigenvalue weighted by Crippen LogP contribution is 2.31. The van der Waals surface area contributed by atoms with Gasteiger partial charge in [0.15, 0.2) is 0 Å². The smallest absolute Gasteiger partial charge is 0.227 e. The average Bonchev–Trinajstić information content (AvgIpc) is 2.83. The van der Waals surface area contributed by atoms with Crippen LogP contribution in [0, 0.1) is 5.82 Å². The molecule has 1 unspecified atom stereocenters. The maximum absolute atomic E-state index is 14.0. The fourth-order valence-corrected chi connectivity index (χ4v) is 4.88. The van der Waals surface area contributed by atoms with E-state index in [0.717, 1.165) is 17.5 Å². The lowest BCUT2D eigenvalue weighted by Gasteiger charge is -2.40. The number of nitrogens with zero attached hydrogens (tertiary/aromatic N) is 1. The first-order chi connectivity index (χ1) is 16.1. The van der Waals surface area contributed by atoms with Gasteiger partial charge in [-0.3, -0.25) is 9.59 Å². The van der Waals surface area contributed by atoms with E-state index in [9.17, 15) is 14.0 Å². The molecule has 2 amide bonds. The van der Waals surface area contributed by atoms with E-state index >= 15 is 0 Å². The molecule has 3 atom stereocenters. The van der Waals surface area contributed by atoms with Crippen molar-refractivity contribution in [2.45, 2.75) is 43.6 Å². The van der Waals surface area contributed by atoms with Gasteiger partial charge in [0.05, 0.1) is 12.0 Å². The van der Waals surface area contributed by atoms with Crippen LogP contribution < -0.4 is 10.6 Å². The molecule has 2 heterocycles. The minimum absolute atomic E-state index is 0.0386. The standard InChI is InChI=1S/C27H32FN3O2/c28-22-11-7-10-21(18-22)23-14-17-31-19-25(23)30-27(33)24(20-8-3-1-4-9-20)12-5-2-6-15-29-16-13-26(31)32/h1-4,6-11,18,23-25,29H,5,12-17,19H2,(H,30,33)/b6-2-/t23-,24?,25-/m0/s1. The maximum atomic E-state index is 14.0. The highest BCUT2D eigenvalue weighted by molar-refractivity contribution is 5.84. The van der Waals surface area contributed by atoms with Crippen LogP contribution in [0.1, 0.15) is 48.6 Å². The molecule has 2 aliphatic heterocycles. The van der Waals surface area contributed by atoms with Crippen molar-refractivity contribution >= 4 is 11.8 Å². The lowest BCUT2D eigenvalue weighted by molar-refractivity contribution is -0.134. The van der Waals surface area contributed by atoms with Gasteiger partial charge in [-0.15, -0.1) is 0 Å². The second-order valence-corrected chi connectivity index (χ2v) is 8.87. The van der Waals surface area contributed by atoms with Crippen LogP contribution in [0.3, 0.4) is 0 Å². The molecule has 33 heavy (non-hydrogen) atoms. The number of hydrogen-bond acceptors (Lipinski definition) is 3. The van der Waals surface area contributed by atoms with Crippen LogP contribution in [0.5, 0.6) is 0 Å². The van der Waals surface area contributed by atoms with E-state index in [-0.39, 0.29) is 35.5 Å². The number of fused-ring (bicyclic) bond motifs is 2. The molecular weight excluding hydrogens is 417 g/mol. The van der Waals surface area contributed by atoms with Crippen molar-refractivity contribution in [3.8, 4) is 0 Å². The van der Waals surface area contributed by atoms with Crippen LogP contribution in [0.2, 0.25) is 0 Å². The molecule has 0 spiro atoms. The van der Waals surface area contributed by atoms with Gasteiger partial charge >= 0.3 is 0 Å². The van der Waals surface area contributed by atoms with E-state index in [4.69, 9.17) is 0 Å². The number of allylic oxidation sites excluding steroid dienone is 1. The van der Waals surface area contributed by atoms with Gasteiger partial charge in [0.25, 0.3) is 0 Å². The summed E-state index contributed by atoms with van der Waals surface area (Å²) in [5.74, 6) is -0.567. The number of amides is 2. The average molecular weight is 450 g/mol. The van der Waals surface area contributed by atoms with E-state index in [0.29, 0.717) is 45.4 Å². The normalized spacial score (nSPS) is 26.1. The molecule has 2 aliphatic rings. The number of piperidine rings is 1. The third-order valence-electron chi connectivity index (χ3n) is 6.65. The number of benzene rings is 2. The molecule has 2 aromatic rings. The van der Waals surface area contributed by atoms with Crippen molar-refractivity contribution in [1.82, 2.24) is 15.5 Å². The number of hydrogen-bond donors (Lipinski definition) is 2. The Morgan fingerprint density at radius 1 is 0.939 bits per heavy atom. The molecule has 5 nitrogen and oxygen atoms in total. The SMILES string of the molecule is O=C1N[C@H]2CN(CC[C@H]2c2cccc(F)c2)C(=O)CCNC/C=C\CCC1c1ccccc1. The number of nitrogens with one attached hydrogen (secondary N) is 2. The highest BCUT2D eigenvalue weighted by atomic mass is 19.1. The van der Waals surface area contributed by atoms with E-state index in [1.54, 1.807) is 12.1 Å². The number of carbonyl (C=O) groups excluding carboxylic acids is 2. The van der Waals surface area contributed by atoms with Crippen molar-refractivity contribution in [1.29, 1.82) is 0 Å². The highest BCUT2D eigenvalue weighted by Gasteiger charge is 2.35. The van der Waals surface area contributed by atoms with Gasteiger partial charge in [-0.05, 0) is 42.5 Å². The molecule has 2 N–H and O–H groups in total. The molecule has 174 valence electrons. The van der Waals surface area contributed by atoms with Crippen molar-refractivity contribution in [2.75, 3.05) is 26.2 Å². The minimum atomic E-state index is -0.284. The second kappa shape index (κ2) is 11.2. The number of halogens is 1. The minimum Gasteiger partial charge on any atom is -0.350 e. The maximum Gasteiger partial charge on any atom is 0.227 e. The fraction of sp³-hybridized carbons (Fsp3) is 0.407. The summed E-state index contributed by atoms with van der Waals surface area (Å²) in [6.45, 7) is 2.37. The van der Waals surface area contributed by atoms with Gasteiger partial charge in [0.1, 0.15) is 5.82 Å². The molecule has 1 fully saturated rings. The van der Waals surface area contributed by atoms with Crippen LogP contribution in [-0.2, 0) is 9.59 Å². The molecular formula is C27H32FN3O2.